The number of rotatable bonds is 6. The number of benzene rings is 3. The van der Waals surface area contributed by atoms with Crippen LogP contribution in [0.2, 0.25) is 0 Å². The molecule has 0 spiro atoms. The summed E-state index contributed by atoms with van der Waals surface area (Å²) < 4.78 is 40.6. The summed E-state index contributed by atoms with van der Waals surface area (Å²) in [5.41, 5.74) is 1.26. The Balaban J connectivity index is 1.83. The van der Waals surface area contributed by atoms with Crippen molar-refractivity contribution >= 4 is 21.6 Å². The van der Waals surface area contributed by atoms with E-state index in [9.17, 15) is 17.6 Å². The molecule has 28 heavy (non-hydrogen) atoms. The van der Waals surface area contributed by atoms with Gasteiger partial charge in [-0.15, -0.1) is 0 Å². The molecule has 1 amide bonds. The van der Waals surface area contributed by atoms with E-state index in [0.717, 1.165) is 29.8 Å². The summed E-state index contributed by atoms with van der Waals surface area (Å²) in [5.74, 6) is -0.942. The summed E-state index contributed by atoms with van der Waals surface area (Å²) in [6.07, 6.45) is 0. The maximum atomic E-state index is 13.1. The summed E-state index contributed by atoms with van der Waals surface area (Å²) in [4.78, 5) is 12.6. The summed E-state index contributed by atoms with van der Waals surface area (Å²) in [5, 5.41) is 2.86. The molecule has 0 aliphatic heterocycles. The van der Waals surface area contributed by atoms with Gasteiger partial charge in [0.1, 0.15) is 5.82 Å². The van der Waals surface area contributed by atoms with Gasteiger partial charge in [-0.2, -0.15) is 0 Å². The Morgan fingerprint density at radius 3 is 2.18 bits per heavy atom. The number of para-hydroxylation sites is 1. The van der Waals surface area contributed by atoms with E-state index < -0.39 is 21.7 Å². The third kappa shape index (κ3) is 4.55. The number of halogens is 1. The first-order valence-corrected chi connectivity index (χ1v) is 10.1. The van der Waals surface area contributed by atoms with Crippen molar-refractivity contribution in [2.24, 2.45) is 0 Å². The molecule has 0 saturated carbocycles. The van der Waals surface area contributed by atoms with Gasteiger partial charge in [0, 0.05) is 0 Å². The number of amides is 1. The summed E-state index contributed by atoms with van der Waals surface area (Å²) >= 11 is 0. The van der Waals surface area contributed by atoms with Gasteiger partial charge in [0.15, 0.2) is 0 Å². The van der Waals surface area contributed by atoms with Crippen LogP contribution in [-0.4, -0.2) is 14.3 Å². The smallest absolute Gasteiger partial charge is 0.261 e. The van der Waals surface area contributed by atoms with Crippen LogP contribution in [0.3, 0.4) is 0 Å². The van der Waals surface area contributed by atoms with E-state index in [0.29, 0.717) is 0 Å². The minimum absolute atomic E-state index is 0.0956. The first kappa shape index (κ1) is 19.6. The topological polar surface area (TPSA) is 75.3 Å². The van der Waals surface area contributed by atoms with Gasteiger partial charge < -0.3 is 5.32 Å². The number of carbonyl (C=O) groups excluding carboxylic acids is 1. The summed E-state index contributed by atoms with van der Waals surface area (Å²) in [6, 6.07) is 20.0. The molecule has 0 bridgehead atoms. The van der Waals surface area contributed by atoms with E-state index in [4.69, 9.17) is 0 Å². The van der Waals surface area contributed by atoms with E-state index >= 15 is 0 Å². The van der Waals surface area contributed by atoms with E-state index in [2.05, 4.69) is 10.0 Å². The molecule has 5 nitrogen and oxygen atoms in total. The highest BCUT2D eigenvalue weighted by Gasteiger charge is 2.19. The van der Waals surface area contributed by atoms with Crippen LogP contribution in [0.5, 0.6) is 0 Å². The highest BCUT2D eigenvalue weighted by molar-refractivity contribution is 7.92. The van der Waals surface area contributed by atoms with Crippen molar-refractivity contribution in [3.05, 3.63) is 95.8 Å². The molecule has 0 aromatic heterocycles. The minimum Gasteiger partial charge on any atom is -0.345 e. The minimum atomic E-state index is -3.96. The van der Waals surface area contributed by atoms with E-state index in [1.54, 1.807) is 12.1 Å². The monoisotopic (exact) mass is 398 g/mol. The van der Waals surface area contributed by atoms with Crippen LogP contribution in [0.4, 0.5) is 10.1 Å². The second-order valence-corrected chi connectivity index (χ2v) is 7.89. The second-order valence-electron chi connectivity index (χ2n) is 6.21. The Kier molecular flexibility index (Phi) is 5.75. The molecular formula is C21H19FN2O3S. The van der Waals surface area contributed by atoms with Gasteiger partial charge in [0.25, 0.3) is 15.9 Å². The summed E-state index contributed by atoms with van der Waals surface area (Å²) in [7, 11) is -3.96. The van der Waals surface area contributed by atoms with Gasteiger partial charge in [-0.3, -0.25) is 9.52 Å². The van der Waals surface area contributed by atoms with Crippen LogP contribution in [-0.2, 0) is 10.0 Å². The van der Waals surface area contributed by atoms with Crippen LogP contribution >= 0.6 is 0 Å². The number of nitrogens with one attached hydrogen (secondary N) is 2. The van der Waals surface area contributed by atoms with Crippen LogP contribution in [0.25, 0.3) is 0 Å². The van der Waals surface area contributed by atoms with Crippen LogP contribution in [0.15, 0.2) is 83.8 Å². The number of sulfonamides is 1. The normalized spacial score (nSPS) is 12.2. The molecule has 1 atom stereocenters. The predicted molar refractivity (Wildman–Crippen MR) is 106 cm³/mol. The maximum Gasteiger partial charge on any atom is 0.261 e. The molecule has 3 aromatic rings. The highest BCUT2D eigenvalue weighted by Crippen LogP contribution is 2.21. The first-order chi connectivity index (χ1) is 13.4. The third-order valence-corrected chi connectivity index (χ3v) is 5.57. The largest absolute Gasteiger partial charge is 0.345 e. The highest BCUT2D eigenvalue weighted by atomic mass is 32.2. The zero-order chi connectivity index (χ0) is 20.1. The van der Waals surface area contributed by atoms with Crippen molar-refractivity contribution in [2.75, 3.05) is 4.72 Å². The first-order valence-electron chi connectivity index (χ1n) is 8.60. The molecular weight excluding hydrogens is 379 g/mol. The molecule has 3 rings (SSSR count). The molecule has 2 N–H and O–H groups in total. The summed E-state index contributed by atoms with van der Waals surface area (Å²) in [6.45, 7) is 1.85. The number of hydrogen-bond donors (Lipinski definition) is 2. The zero-order valence-corrected chi connectivity index (χ0v) is 15.9. The number of carbonyl (C=O) groups is 1. The molecule has 7 heteroatoms. The molecule has 0 aliphatic rings. The molecule has 3 aromatic carbocycles. The van der Waals surface area contributed by atoms with Crippen molar-refractivity contribution in [2.45, 2.75) is 17.9 Å². The van der Waals surface area contributed by atoms with Gasteiger partial charge >= 0.3 is 0 Å². The lowest BCUT2D eigenvalue weighted by molar-refractivity contribution is 0.0941. The molecule has 0 heterocycles. The lowest BCUT2D eigenvalue weighted by Crippen LogP contribution is -2.28. The number of anilines is 1. The SMILES string of the molecule is C[C@@H](NC(=O)c1ccccc1NS(=O)(=O)c1ccc(F)cc1)c1ccccc1. The molecule has 0 fully saturated rings. The van der Waals surface area contributed by atoms with E-state index in [1.165, 1.54) is 12.1 Å². The van der Waals surface area contributed by atoms with Gasteiger partial charge in [0.2, 0.25) is 0 Å². The van der Waals surface area contributed by atoms with Crippen molar-refractivity contribution in [1.29, 1.82) is 0 Å². The Morgan fingerprint density at radius 1 is 0.893 bits per heavy atom. The van der Waals surface area contributed by atoms with Gasteiger partial charge in [-0.1, -0.05) is 42.5 Å². The van der Waals surface area contributed by atoms with Crippen molar-refractivity contribution in [3.63, 3.8) is 0 Å². The Morgan fingerprint density at radius 2 is 1.50 bits per heavy atom. The maximum absolute atomic E-state index is 13.1. The van der Waals surface area contributed by atoms with Crippen molar-refractivity contribution < 1.29 is 17.6 Å². The predicted octanol–water partition coefficient (Wildman–Crippen LogP) is 4.12. The lowest BCUT2D eigenvalue weighted by atomic mass is 10.1. The Bertz CT molecular complexity index is 1070. The molecule has 0 unspecified atom stereocenters. The van der Waals surface area contributed by atoms with Crippen molar-refractivity contribution in [3.8, 4) is 0 Å². The molecule has 0 saturated heterocycles. The quantitative estimate of drug-likeness (QED) is 0.656. The third-order valence-electron chi connectivity index (χ3n) is 4.19. The standard InChI is InChI=1S/C21H19FN2O3S/c1-15(16-7-3-2-4-8-16)23-21(25)19-9-5-6-10-20(19)24-28(26,27)18-13-11-17(22)12-14-18/h2-15,24H,1H3,(H,23,25)/t15-/m1/s1. The second kappa shape index (κ2) is 8.22. The fraction of sp³-hybridized carbons (Fsp3) is 0.0952. The van der Waals surface area contributed by atoms with E-state index in [-0.39, 0.29) is 22.2 Å². The lowest BCUT2D eigenvalue weighted by Gasteiger charge is -2.17. The average molecular weight is 398 g/mol. The number of hydrogen-bond acceptors (Lipinski definition) is 3. The van der Waals surface area contributed by atoms with Gasteiger partial charge in [0.05, 0.1) is 22.2 Å². The zero-order valence-electron chi connectivity index (χ0n) is 15.1. The Labute approximate surface area is 163 Å². The molecule has 144 valence electrons. The fourth-order valence-corrected chi connectivity index (χ4v) is 3.77. The molecule has 0 radical (unpaired) electrons. The van der Waals surface area contributed by atoms with Crippen LogP contribution in [0.1, 0.15) is 28.9 Å². The van der Waals surface area contributed by atoms with Gasteiger partial charge in [-0.05, 0) is 48.9 Å². The fourth-order valence-electron chi connectivity index (χ4n) is 2.69. The van der Waals surface area contributed by atoms with Gasteiger partial charge in [-0.25, -0.2) is 12.8 Å². The van der Waals surface area contributed by atoms with Crippen molar-refractivity contribution in [1.82, 2.24) is 5.32 Å². The Hall–Kier alpha value is -3.19. The van der Waals surface area contributed by atoms with E-state index in [1.807, 2.05) is 37.3 Å². The average Bonchev–Trinajstić information content (AvgIpc) is 2.69. The van der Waals surface area contributed by atoms with Crippen LogP contribution < -0.4 is 10.0 Å². The van der Waals surface area contributed by atoms with Crippen LogP contribution in [0, 0.1) is 5.82 Å². The molecule has 0 aliphatic carbocycles.